The second kappa shape index (κ2) is 2.81. The van der Waals surface area contributed by atoms with Crippen molar-refractivity contribution in [3.63, 3.8) is 0 Å². The molecule has 0 aliphatic carbocycles. The third-order valence-electron chi connectivity index (χ3n) is 2.65. The van der Waals surface area contributed by atoms with Crippen LogP contribution in [0.2, 0.25) is 0 Å². The van der Waals surface area contributed by atoms with Crippen LogP contribution in [0.5, 0.6) is 0 Å². The Morgan fingerprint density at radius 1 is 1.42 bits per heavy atom. The zero-order chi connectivity index (χ0) is 8.55. The Bertz CT molecular complexity index is 301. The summed E-state index contributed by atoms with van der Waals surface area (Å²) < 4.78 is 0. The molecule has 0 spiro atoms. The van der Waals surface area contributed by atoms with Crippen LogP contribution < -0.4 is 5.32 Å². The number of hydrogen-bond donors (Lipinski definition) is 1. The lowest BCUT2D eigenvalue weighted by molar-refractivity contribution is 1.09. The van der Waals surface area contributed by atoms with Crippen molar-refractivity contribution < 1.29 is 0 Å². The molecule has 0 aromatic heterocycles. The molecular formula is C11H15N. The van der Waals surface area contributed by atoms with E-state index < -0.39 is 0 Å². The summed E-state index contributed by atoms with van der Waals surface area (Å²) in [5.41, 5.74) is 5.77. The highest BCUT2D eigenvalue weighted by molar-refractivity contribution is 5.58. The molecule has 0 amide bonds. The van der Waals surface area contributed by atoms with Gasteiger partial charge in [0, 0.05) is 12.2 Å². The van der Waals surface area contributed by atoms with Crippen LogP contribution in [0.4, 0.5) is 5.69 Å². The number of fused-ring (bicyclic) bond motifs is 1. The fourth-order valence-electron chi connectivity index (χ4n) is 1.90. The summed E-state index contributed by atoms with van der Waals surface area (Å²) in [7, 11) is 0. The second-order valence-electron chi connectivity index (χ2n) is 3.47. The largest absolute Gasteiger partial charge is 0.384 e. The molecular weight excluding hydrogens is 146 g/mol. The molecule has 0 saturated heterocycles. The minimum Gasteiger partial charge on any atom is -0.384 e. The predicted molar refractivity (Wildman–Crippen MR) is 52.8 cm³/mol. The number of hydrogen-bond acceptors (Lipinski definition) is 1. The molecule has 0 radical (unpaired) electrons. The summed E-state index contributed by atoms with van der Waals surface area (Å²) in [6, 6.07) is 4.63. The standard InChI is InChI=1S/C11H15N/c1-3-9-7-11-10(4-5-12-11)6-8(9)2/h6-7,12H,3-5H2,1-2H3. The van der Waals surface area contributed by atoms with Crippen LogP contribution >= 0.6 is 0 Å². The van der Waals surface area contributed by atoms with Gasteiger partial charge in [-0.25, -0.2) is 0 Å². The van der Waals surface area contributed by atoms with E-state index in [-0.39, 0.29) is 0 Å². The molecule has 0 atom stereocenters. The number of benzene rings is 1. The third kappa shape index (κ3) is 1.09. The summed E-state index contributed by atoms with van der Waals surface area (Å²) >= 11 is 0. The Balaban J connectivity index is 2.49. The molecule has 0 unspecified atom stereocenters. The van der Waals surface area contributed by atoms with E-state index in [1.807, 2.05) is 0 Å². The highest BCUT2D eigenvalue weighted by Gasteiger charge is 2.10. The summed E-state index contributed by atoms with van der Waals surface area (Å²) in [5, 5.41) is 3.40. The lowest BCUT2D eigenvalue weighted by Gasteiger charge is -2.06. The van der Waals surface area contributed by atoms with Crippen molar-refractivity contribution in [3.05, 3.63) is 28.8 Å². The Hall–Kier alpha value is -0.980. The molecule has 1 N–H and O–H groups in total. The first-order valence-electron chi connectivity index (χ1n) is 4.67. The summed E-state index contributed by atoms with van der Waals surface area (Å²) in [6.45, 7) is 5.53. The number of nitrogens with one attached hydrogen (secondary N) is 1. The van der Waals surface area contributed by atoms with Crippen molar-refractivity contribution in [1.82, 2.24) is 0 Å². The first-order chi connectivity index (χ1) is 5.81. The van der Waals surface area contributed by atoms with Crippen LogP contribution in [-0.4, -0.2) is 6.54 Å². The highest BCUT2D eigenvalue weighted by atomic mass is 14.9. The summed E-state index contributed by atoms with van der Waals surface area (Å²) in [5.74, 6) is 0. The van der Waals surface area contributed by atoms with Gasteiger partial charge in [-0.05, 0) is 42.5 Å². The van der Waals surface area contributed by atoms with Crippen molar-refractivity contribution in [2.75, 3.05) is 11.9 Å². The monoisotopic (exact) mass is 161 g/mol. The quantitative estimate of drug-likeness (QED) is 0.667. The van der Waals surface area contributed by atoms with E-state index in [0.29, 0.717) is 0 Å². The van der Waals surface area contributed by atoms with Crippen LogP contribution in [0, 0.1) is 6.92 Å². The van der Waals surface area contributed by atoms with Crippen molar-refractivity contribution in [2.45, 2.75) is 26.7 Å². The van der Waals surface area contributed by atoms with Crippen LogP contribution in [0.3, 0.4) is 0 Å². The van der Waals surface area contributed by atoms with E-state index >= 15 is 0 Å². The molecule has 1 aliphatic heterocycles. The molecule has 1 heterocycles. The van der Waals surface area contributed by atoms with Gasteiger partial charge in [-0.1, -0.05) is 13.0 Å². The predicted octanol–water partition coefficient (Wildman–Crippen LogP) is 2.53. The topological polar surface area (TPSA) is 12.0 Å². The average Bonchev–Trinajstić information content (AvgIpc) is 2.49. The van der Waals surface area contributed by atoms with Gasteiger partial charge in [0.1, 0.15) is 0 Å². The minimum absolute atomic E-state index is 1.11. The molecule has 1 heteroatoms. The molecule has 1 aromatic rings. The molecule has 12 heavy (non-hydrogen) atoms. The Morgan fingerprint density at radius 2 is 2.25 bits per heavy atom. The van der Waals surface area contributed by atoms with E-state index in [1.165, 1.54) is 28.8 Å². The third-order valence-corrected chi connectivity index (χ3v) is 2.65. The first-order valence-corrected chi connectivity index (χ1v) is 4.67. The number of aryl methyl sites for hydroxylation is 2. The maximum Gasteiger partial charge on any atom is 0.0376 e. The molecule has 2 rings (SSSR count). The Labute approximate surface area is 73.8 Å². The Morgan fingerprint density at radius 3 is 3.00 bits per heavy atom. The van der Waals surface area contributed by atoms with E-state index in [2.05, 4.69) is 31.3 Å². The SMILES string of the molecule is CCc1cc2c(cc1C)CCN2. The van der Waals surface area contributed by atoms with Crippen molar-refractivity contribution >= 4 is 5.69 Å². The molecule has 0 bridgehead atoms. The van der Waals surface area contributed by atoms with E-state index in [0.717, 1.165) is 13.0 Å². The van der Waals surface area contributed by atoms with Crippen molar-refractivity contribution in [3.8, 4) is 0 Å². The summed E-state index contributed by atoms with van der Waals surface area (Å²) in [4.78, 5) is 0. The van der Waals surface area contributed by atoms with Gasteiger partial charge < -0.3 is 5.32 Å². The molecule has 0 fully saturated rings. The fourth-order valence-corrected chi connectivity index (χ4v) is 1.90. The van der Waals surface area contributed by atoms with Gasteiger partial charge in [0.25, 0.3) is 0 Å². The maximum absolute atomic E-state index is 3.40. The summed E-state index contributed by atoms with van der Waals surface area (Å²) in [6.07, 6.45) is 2.33. The van der Waals surface area contributed by atoms with Crippen LogP contribution in [0.15, 0.2) is 12.1 Å². The minimum atomic E-state index is 1.11. The van der Waals surface area contributed by atoms with Gasteiger partial charge in [-0.3, -0.25) is 0 Å². The smallest absolute Gasteiger partial charge is 0.0376 e. The fraction of sp³-hybridized carbons (Fsp3) is 0.455. The van der Waals surface area contributed by atoms with Gasteiger partial charge in [0.2, 0.25) is 0 Å². The highest BCUT2D eigenvalue weighted by Crippen LogP contribution is 2.25. The first kappa shape index (κ1) is 7.66. The van der Waals surface area contributed by atoms with Gasteiger partial charge in [0.15, 0.2) is 0 Å². The second-order valence-corrected chi connectivity index (χ2v) is 3.47. The lowest BCUT2D eigenvalue weighted by Crippen LogP contribution is -1.92. The molecule has 0 saturated carbocycles. The van der Waals surface area contributed by atoms with E-state index in [9.17, 15) is 0 Å². The number of rotatable bonds is 1. The average molecular weight is 161 g/mol. The van der Waals surface area contributed by atoms with Crippen molar-refractivity contribution in [1.29, 1.82) is 0 Å². The molecule has 64 valence electrons. The molecule has 1 aliphatic rings. The van der Waals surface area contributed by atoms with Crippen molar-refractivity contribution in [2.24, 2.45) is 0 Å². The Kier molecular flexibility index (Phi) is 1.80. The number of anilines is 1. The molecule has 1 aromatic carbocycles. The van der Waals surface area contributed by atoms with Gasteiger partial charge in [0.05, 0.1) is 0 Å². The van der Waals surface area contributed by atoms with E-state index in [4.69, 9.17) is 0 Å². The van der Waals surface area contributed by atoms with Gasteiger partial charge in [-0.2, -0.15) is 0 Å². The van der Waals surface area contributed by atoms with Crippen LogP contribution in [0.1, 0.15) is 23.6 Å². The van der Waals surface area contributed by atoms with Crippen LogP contribution in [0.25, 0.3) is 0 Å². The lowest BCUT2D eigenvalue weighted by atomic mass is 10.0. The normalized spacial score (nSPS) is 14.2. The van der Waals surface area contributed by atoms with E-state index in [1.54, 1.807) is 0 Å². The van der Waals surface area contributed by atoms with Gasteiger partial charge in [-0.15, -0.1) is 0 Å². The molecule has 1 nitrogen and oxygen atoms in total. The van der Waals surface area contributed by atoms with Crippen LogP contribution in [-0.2, 0) is 12.8 Å². The maximum atomic E-state index is 3.40. The zero-order valence-corrected chi connectivity index (χ0v) is 7.78. The zero-order valence-electron chi connectivity index (χ0n) is 7.78. The van der Waals surface area contributed by atoms with Gasteiger partial charge >= 0.3 is 0 Å².